The smallest absolute Gasteiger partial charge is 0.234 e. The first kappa shape index (κ1) is 33.8. The molecular weight excluding hydrogens is 341 g/mol. The molecule has 0 saturated carbocycles. The van der Waals surface area contributed by atoms with E-state index >= 15 is 0 Å². The van der Waals surface area contributed by atoms with E-state index in [1.807, 2.05) is 41.5 Å². The predicted octanol–water partition coefficient (Wildman–Crippen LogP) is 6.19. The topological polar surface area (TPSA) is 51.6 Å². The summed E-state index contributed by atoms with van der Waals surface area (Å²) >= 11 is 5.21. The summed E-state index contributed by atoms with van der Waals surface area (Å²) in [5.74, 6) is -1.17. The van der Waals surface area contributed by atoms with Gasteiger partial charge in [0.25, 0.3) is 0 Å². The molecule has 0 spiro atoms. The molecule has 2 heterocycles. The molecule has 142 valence electrons. The lowest BCUT2D eigenvalue weighted by atomic mass is 10.7. The first-order valence-electron chi connectivity index (χ1n) is 7.10. The molecule has 0 aliphatic carbocycles. The lowest BCUT2D eigenvalue weighted by Crippen LogP contribution is -1.82. The highest BCUT2D eigenvalue weighted by Crippen LogP contribution is 2.06. The molecule has 0 bridgehead atoms. The van der Waals surface area contributed by atoms with E-state index in [2.05, 4.69) is 19.9 Å². The van der Waals surface area contributed by atoms with Crippen LogP contribution in [0.4, 0.5) is 13.2 Å². The Morgan fingerprint density at radius 1 is 0.833 bits per heavy atom. The lowest BCUT2D eigenvalue weighted by Gasteiger charge is -1.85. The quantitative estimate of drug-likeness (QED) is 0.519. The van der Waals surface area contributed by atoms with Gasteiger partial charge >= 0.3 is 0 Å². The fourth-order valence-electron chi connectivity index (χ4n) is 0.572. The monoisotopic (exact) mass is 370 g/mol. The van der Waals surface area contributed by atoms with Crippen LogP contribution in [0.3, 0.4) is 0 Å². The maximum atomic E-state index is 12.0. The summed E-state index contributed by atoms with van der Waals surface area (Å²) in [7, 11) is 0.500. The zero-order valence-electron chi connectivity index (χ0n) is 14.7. The predicted molar refractivity (Wildman–Crippen MR) is 96.8 cm³/mol. The highest BCUT2D eigenvalue weighted by atomic mass is 35.5. The van der Waals surface area contributed by atoms with E-state index in [1.165, 1.54) is 18.5 Å². The van der Waals surface area contributed by atoms with E-state index in [9.17, 15) is 13.2 Å². The SMILES string of the molecule is C.CC.CC.CC.CF.Fc1ccncn1.Fc1ncncc1Cl. The van der Waals surface area contributed by atoms with Gasteiger partial charge in [0.2, 0.25) is 11.9 Å². The van der Waals surface area contributed by atoms with Gasteiger partial charge in [0.05, 0.1) is 13.4 Å². The highest BCUT2D eigenvalue weighted by molar-refractivity contribution is 6.30. The molecule has 0 unspecified atom stereocenters. The van der Waals surface area contributed by atoms with Gasteiger partial charge < -0.3 is 0 Å². The molecule has 4 nitrogen and oxygen atoms in total. The Hall–Kier alpha value is -1.76. The van der Waals surface area contributed by atoms with Gasteiger partial charge in [0, 0.05) is 12.3 Å². The van der Waals surface area contributed by atoms with Crippen LogP contribution >= 0.6 is 11.6 Å². The zero-order chi connectivity index (χ0) is 19.1. The van der Waals surface area contributed by atoms with Gasteiger partial charge in [-0.25, -0.2) is 19.9 Å². The summed E-state index contributed by atoms with van der Waals surface area (Å²) in [5.41, 5.74) is 0. The van der Waals surface area contributed by atoms with E-state index in [1.54, 1.807) is 0 Å². The second-order valence-corrected chi connectivity index (χ2v) is 2.60. The Kier molecular flexibility index (Phi) is 46.4. The van der Waals surface area contributed by atoms with Crippen molar-refractivity contribution >= 4 is 11.6 Å². The lowest BCUT2D eigenvalue weighted by molar-refractivity contribution is 0.579. The van der Waals surface area contributed by atoms with Gasteiger partial charge in [0.15, 0.2) is 0 Å². The van der Waals surface area contributed by atoms with Crippen LogP contribution in [0.15, 0.2) is 31.1 Å². The van der Waals surface area contributed by atoms with Crippen LogP contribution in [0.2, 0.25) is 5.02 Å². The average Bonchev–Trinajstić information content (AvgIpc) is 2.66. The number of aromatic nitrogens is 4. The number of alkyl halides is 1. The Bertz CT molecular complexity index is 400. The minimum atomic E-state index is -0.679. The zero-order valence-corrected chi connectivity index (χ0v) is 15.4. The summed E-state index contributed by atoms with van der Waals surface area (Å²) in [5, 5.41) is -0.0486. The minimum Gasteiger partial charge on any atom is -0.255 e. The van der Waals surface area contributed by atoms with Crippen molar-refractivity contribution in [1.29, 1.82) is 0 Å². The van der Waals surface area contributed by atoms with Crippen molar-refractivity contribution in [2.75, 3.05) is 7.18 Å². The van der Waals surface area contributed by atoms with Crippen molar-refractivity contribution in [3.05, 3.63) is 48.0 Å². The minimum absolute atomic E-state index is 0. The molecule has 2 rings (SSSR count). The van der Waals surface area contributed by atoms with Gasteiger partial charge in [-0.2, -0.15) is 8.78 Å². The molecule has 2 aromatic rings. The van der Waals surface area contributed by atoms with Crippen LogP contribution < -0.4 is 0 Å². The third-order valence-corrected chi connectivity index (χ3v) is 1.42. The highest BCUT2D eigenvalue weighted by Gasteiger charge is 1.94. The molecule has 8 heteroatoms. The second-order valence-electron chi connectivity index (χ2n) is 2.19. The molecule has 0 atom stereocenters. The molecule has 2 aromatic heterocycles. The first-order valence-corrected chi connectivity index (χ1v) is 7.48. The van der Waals surface area contributed by atoms with Crippen LogP contribution in [-0.2, 0) is 0 Å². The molecule has 0 aromatic carbocycles. The molecule has 0 radical (unpaired) electrons. The summed E-state index contributed by atoms with van der Waals surface area (Å²) in [6.07, 6.45) is 4.81. The number of rotatable bonds is 0. The van der Waals surface area contributed by atoms with Crippen molar-refractivity contribution in [3.63, 3.8) is 0 Å². The Morgan fingerprint density at radius 2 is 1.29 bits per heavy atom. The van der Waals surface area contributed by atoms with Crippen molar-refractivity contribution in [2.24, 2.45) is 0 Å². The fourth-order valence-corrected chi connectivity index (χ4v) is 0.677. The van der Waals surface area contributed by atoms with Crippen molar-refractivity contribution < 1.29 is 13.2 Å². The van der Waals surface area contributed by atoms with Crippen molar-refractivity contribution in [2.45, 2.75) is 49.0 Å². The van der Waals surface area contributed by atoms with Crippen LogP contribution in [0.25, 0.3) is 0 Å². The number of halogens is 4. The number of hydrogen-bond donors (Lipinski definition) is 0. The molecule has 0 aliphatic rings. The van der Waals surface area contributed by atoms with E-state index < -0.39 is 11.9 Å². The second kappa shape index (κ2) is 33.0. The van der Waals surface area contributed by atoms with Gasteiger partial charge in [-0.05, 0) is 0 Å². The van der Waals surface area contributed by atoms with E-state index in [-0.39, 0.29) is 12.4 Å². The first-order chi connectivity index (χ1) is 11.2. The molecule has 0 N–H and O–H groups in total. The number of hydrogen-bond acceptors (Lipinski definition) is 4. The number of nitrogens with zero attached hydrogens (tertiary/aromatic N) is 4. The fraction of sp³-hybridized carbons (Fsp3) is 0.500. The van der Waals surface area contributed by atoms with Gasteiger partial charge in [0.1, 0.15) is 17.7 Å². The van der Waals surface area contributed by atoms with Gasteiger partial charge in [-0.3, -0.25) is 4.39 Å². The largest absolute Gasteiger partial charge is 0.255 e. The summed E-state index contributed by atoms with van der Waals surface area (Å²) in [6.45, 7) is 12.0. The molecular formula is C16H30ClF3N4. The summed E-state index contributed by atoms with van der Waals surface area (Å²) in [6, 6.07) is 1.19. The third kappa shape index (κ3) is 25.2. The molecule has 0 aliphatic heterocycles. The Balaban J connectivity index is -0.0000000693. The van der Waals surface area contributed by atoms with Crippen LogP contribution in [0, 0.1) is 11.9 Å². The van der Waals surface area contributed by atoms with E-state index in [0.29, 0.717) is 7.18 Å². The molecule has 0 saturated heterocycles. The molecule has 0 amide bonds. The summed E-state index contributed by atoms with van der Waals surface area (Å²) in [4.78, 5) is 13.3. The molecule has 0 fully saturated rings. The third-order valence-electron chi connectivity index (χ3n) is 1.17. The molecule has 24 heavy (non-hydrogen) atoms. The average molecular weight is 371 g/mol. The van der Waals surface area contributed by atoms with Gasteiger partial charge in [-0.15, -0.1) is 0 Å². The van der Waals surface area contributed by atoms with Gasteiger partial charge in [-0.1, -0.05) is 60.6 Å². The normalized spacial score (nSPS) is 6.62. The Labute approximate surface area is 149 Å². The van der Waals surface area contributed by atoms with Crippen molar-refractivity contribution in [3.8, 4) is 0 Å². The standard InChI is InChI=1S/C4H2ClFN2.C4H3FN2.3C2H6.CH3F.CH4/c5-3-1-7-2-8-4(3)6;5-4-1-2-6-3-7-4;4*1-2;/h1-2H;1-3H;3*1-2H3;1H3;1H4. The van der Waals surface area contributed by atoms with E-state index in [0.717, 1.165) is 12.7 Å². The maximum Gasteiger partial charge on any atom is 0.234 e. The van der Waals surface area contributed by atoms with Crippen molar-refractivity contribution in [1.82, 2.24) is 19.9 Å². The summed E-state index contributed by atoms with van der Waals surface area (Å²) < 4.78 is 33.3. The Morgan fingerprint density at radius 3 is 1.50 bits per heavy atom. The maximum absolute atomic E-state index is 12.0. The van der Waals surface area contributed by atoms with E-state index in [4.69, 9.17) is 11.6 Å². The van der Waals surface area contributed by atoms with Crippen LogP contribution in [0.5, 0.6) is 0 Å². The van der Waals surface area contributed by atoms with Crippen LogP contribution in [-0.4, -0.2) is 27.1 Å². The van der Waals surface area contributed by atoms with Crippen LogP contribution in [0.1, 0.15) is 49.0 Å².